The summed E-state index contributed by atoms with van der Waals surface area (Å²) in [7, 11) is -3.76. The number of aryl methyl sites for hydroxylation is 1. The number of hydrogen-bond acceptors (Lipinski definition) is 5. The predicted molar refractivity (Wildman–Crippen MR) is 125 cm³/mol. The molecule has 3 aromatic rings. The van der Waals surface area contributed by atoms with Crippen molar-refractivity contribution in [3.8, 4) is 0 Å². The van der Waals surface area contributed by atoms with Crippen LogP contribution < -0.4 is 10.0 Å². The molecule has 0 bridgehead atoms. The number of nitrogens with one attached hydrogen (secondary N) is 2. The van der Waals surface area contributed by atoms with Gasteiger partial charge in [-0.25, -0.2) is 8.42 Å². The normalized spacial score (nSPS) is 14.6. The lowest BCUT2D eigenvalue weighted by atomic mass is 10.2. The monoisotopic (exact) mass is 469 g/mol. The number of likely N-dealkylation sites (tertiary alicyclic amines) is 1. The maximum atomic E-state index is 12.8. The Morgan fingerprint density at radius 3 is 2.63 bits per heavy atom. The van der Waals surface area contributed by atoms with Gasteiger partial charge >= 0.3 is 0 Å². The van der Waals surface area contributed by atoms with Crippen LogP contribution in [-0.2, 0) is 10.0 Å². The molecular weight excluding hydrogens is 445 g/mol. The molecular formula is C21H25Cl2N3O3S. The number of hydrogen-bond donors (Lipinski definition) is 2. The Morgan fingerprint density at radius 2 is 1.90 bits per heavy atom. The molecule has 0 saturated carbocycles. The highest BCUT2D eigenvalue weighted by molar-refractivity contribution is 7.92. The van der Waals surface area contributed by atoms with Crippen molar-refractivity contribution in [2.24, 2.45) is 0 Å². The van der Waals surface area contributed by atoms with E-state index in [9.17, 15) is 8.42 Å². The van der Waals surface area contributed by atoms with Crippen LogP contribution in [0.25, 0.3) is 11.0 Å². The average molecular weight is 470 g/mol. The zero-order valence-electron chi connectivity index (χ0n) is 16.7. The standard InChI is InChI=1S/C21H24ClN3O3S.ClH/c1-15-4-5-18(14-19(15)22)29(26,27)24-17-12-16-6-11-28-21(16)20(13-17)23-7-10-25-8-2-3-9-25;/h4-6,11-14,23-24H,2-3,7-10H2,1H3;1H. The molecule has 1 aliphatic heterocycles. The van der Waals surface area contributed by atoms with E-state index >= 15 is 0 Å². The number of rotatable bonds is 7. The summed E-state index contributed by atoms with van der Waals surface area (Å²) in [5, 5.41) is 4.64. The van der Waals surface area contributed by atoms with E-state index in [2.05, 4.69) is 14.9 Å². The Morgan fingerprint density at radius 1 is 1.13 bits per heavy atom. The van der Waals surface area contributed by atoms with E-state index in [1.165, 1.54) is 18.9 Å². The summed E-state index contributed by atoms with van der Waals surface area (Å²) in [5.74, 6) is 0. The smallest absolute Gasteiger partial charge is 0.261 e. The third-order valence-corrected chi connectivity index (χ3v) is 6.99. The van der Waals surface area contributed by atoms with Crippen LogP contribution in [-0.4, -0.2) is 39.5 Å². The van der Waals surface area contributed by atoms with E-state index in [0.29, 0.717) is 16.3 Å². The first-order valence-corrected chi connectivity index (χ1v) is 11.5. The van der Waals surface area contributed by atoms with Crippen molar-refractivity contribution < 1.29 is 12.8 Å². The molecule has 9 heteroatoms. The number of furan rings is 1. The van der Waals surface area contributed by atoms with Crippen molar-refractivity contribution in [3.05, 3.63) is 53.2 Å². The van der Waals surface area contributed by atoms with Crippen molar-refractivity contribution in [3.63, 3.8) is 0 Å². The zero-order chi connectivity index (χ0) is 20.4. The number of fused-ring (bicyclic) bond motifs is 1. The number of benzene rings is 2. The molecule has 4 rings (SSSR count). The summed E-state index contributed by atoms with van der Waals surface area (Å²) in [4.78, 5) is 2.55. The molecule has 1 saturated heterocycles. The van der Waals surface area contributed by atoms with Gasteiger partial charge in [0.1, 0.15) is 0 Å². The first-order valence-electron chi connectivity index (χ1n) is 9.69. The van der Waals surface area contributed by atoms with Crippen molar-refractivity contribution in [1.29, 1.82) is 0 Å². The maximum Gasteiger partial charge on any atom is 0.261 e. The second-order valence-electron chi connectivity index (χ2n) is 7.35. The Bertz CT molecular complexity index is 1130. The molecule has 0 radical (unpaired) electrons. The highest BCUT2D eigenvalue weighted by Gasteiger charge is 2.17. The molecule has 0 unspecified atom stereocenters. The van der Waals surface area contributed by atoms with Gasteiger partial charge in [-0.05, 0) is 68.8 Å². The second kappa shape index (κ2) is 9.47. The van der Waals surface area contributed by atoms with Gasteiger partial charge in [0.15, 0.2) is 5.58 Å². The molecule has 0 atom stereocenters. The molecule has 0 aliphatic carbocycles. The van der Waals surface area contributed by atoms with Crippen molar-refractivity contribution in [1.82, 2.24) is 4.90 Å². The topological polar surface area (TPSA) is 74.6 Å². The van der Waals surface area contributed by atoms with E-state index in [1.54, 1.807) is 30.5 Å². The third-order valence-electron chi connectivity index (χ3n) is 5.20. The van der Waals surface area contributed by atoms with Crippen LogP contribution in [0.15, 0.2) is 52.0 Å². The van der Waals surface area contributed by atoms with Gasteiger partial charge in [0.05, 0.1) is 22.5 Å². The summed E-state index contributed by atoms with van der Waals surface area (Å²) in [5.41, 5.74) is 2.79. The lowest BCUT2D eigenvalue weighted by Gasteiger charge is -2.16. The molecule has 6 nitrogen and oxygen atoms in total. The van der Waals surface area contributed by atoms with Crippen LogP contribution in [0, 0.1) is 6.92 Å². The minimum Gasteiger partial charge on any atom is -0.462 e. The first kappa shape index (κ1) is 22.7. The van der Waals surface area contributed by atoms with Gasteiger partial charge < -0.3 is 14.6 Å². The van der Waals surface area contributed by atoms with Crippen LogP contribution in [0.2, 0.25) is 5.02 Å². The van der Waals surface area contributed by atoms with Crippen molar-refractivity contribution in [2.45, 2.75) is 24.7 Å². The predicted octanol–water partition coefficient (Wildman–Crippen LogP) is 5.12. The number of sulfonamides is 1. The summed E-state index contributed by atoms with van der Waals surface area (Å²) in [6.07, 6.45) is 4.11. The van der Waals surface area contributed by atoms with E-state index in [0.717, 1.165) is 42.8 Å². The summed E-state index contributed by atoms with van der Waals surface area (Å²) >= 11 is 6.10. The van der Waals surface area contributed by atoms with Gasteiger partial charge in [-0.1, -0.05) is 17.7 Å². The Labute approximate surface area is 188 Å². The van der Waals surface area contributed by atoms with Gasteiger partial charge in [0.2, 0.25) is 0 Å². The number of halogens is 2. The second-order valence-corrected chi connectivity index (χ2v) is 9.44. The van der Waals surface area contributed by atoms with Crippen LogP contribution >= 0.6 is 24.0 Å². The van der Waals surface area contributed by atoms with Gasteiger partial charge in [0, 0.05) is 23.5 Å². The van der Waals surface area contributed by atoms with Gasteiger partial charge in [-0.3, -0.25) is 4.72 Å². The van der Waals surface area contributed by atoms with Crippen molar-refractivity contribution >= 4 is 56.4 Å². The molecule has 1 aliphatic rings. The highest BCUT2D eigenvalue weighted by atomic mass is 35.5. The number of nitrogens with zero attached hydrogens (tertiary/aromatic N) is 1. The Kier molecular flexibility index (Phi) is 7.18. The molecule has 0 spiro atoms. The van der Waals surface area contributed by atoms with E-state index < -0.39 is 10.0 Å². The fourth-order valence-electron chi connectivity index (χ4n) is 3.58. The molecule has 30 heavy (non-hydrogen) atoms. The lowest BCUT2D eigenvalue weighted by Crippen LogP contribution is -2.26. The molecule has 1 fully saturated rings. The SMILES string of the molecule is Cc1ccc(S(=O)(=O)Nc2cc(NCCN3CCCC3)c3occc3c2)cc1Cl.Cl. The molecule has 162 valence electrons. The molecule has 2 heterocycles. The fraction of sp³-hybridized carbons (Fsp3) is 0.333. The third kappa shape index (κ3) is 5.03. The minimum absolute atomic E-state index is 0. The minimum atomic E-state index is -3.76. The van der Waals surface area contributed by atoms with Crippen LogP contribution in [0.3, 0.4) is 0 Å². The first-order chi connectivity index (χ1) is 13.9. The van der Waals surface area contributed by atoms with Crippen LogP contribution in [0.4, 0.5) is 11.4 Å². The lowest BCUT2D eigenvalue weighted by molar-refractivity contribution is 0.352. The summed E-state index contributed by atoms with van der Waals surface area (Å²) < 4.78 is 33.9. The average Bonchev–Trinajstić information content (AvgIpc) is 3.35. The number of anilines is 2. The van der Waals surface area contributed by atoms with Crippen molar-refractivity contribution in [2.75, 3.05) is 36.2 Å². The largest absolute Gasteiger partial charge is 0.462 e. The van der Waals surface area contributed by atoms with Gasteiger partial charge in [-0.15, -0.1) is 12.4 Å². The fourth-order valence-corrected chi connectivity index (χ4v) is 4.89. The molecule has 0 amide bonds. The summed E-state index contributed by atoms with van der Waals surface area (Å²) in [6, 6.07) is 10.1. The van der Waals surface area contributed by atoms with Gasteiger partial charge in [0.25, 0.3) is 10.0 Å². The van der Waals surface area contributed by atoms with Gasteiger partial charge in [-0.2, -0.15) is 0 Å². The molecule has 1 aromatic heterocycles. The van der Waals surface area contributed by atoms with E-state index in [4.69, 9.17) is 16.0 Å². The molecule has 2 N–H and O–H groups in total. The van der Waals surface area contributed by atoms with E-state index in [1.807, 2.05) is 13.0 Å². The Balaban J connectivity index is 0.00000256. The highest BCUT2D eigenvalue weighted by Crippen LogP contribution is 2.31. The molecule has 2 aromatic carbocycles. The van der Waals surface area contributed by atoms with Crippen LogP contribution in [0.1, 0.15) is 18.4 Å². The van der Waals surface area contributed by atoms with E-state index in [-0.39, 0.29) is 17.3 Å². The zero-order valence-corrected chi connectivity index (χ0v) is 19.0. The maximum absolute atomic E-state index is 12.8. The summed E-state index contributed by atoms with van der Waals surface area (Å²) in [6.45, 7) is 5.81. The quantitative estimate of drug-likeness (QED) is 0.501. The van der Waals surface area contributed by atoms with Crippen LogP contribution in [0.5, 0.6) is 0 Å². The Hall–Kier alpha value is -1.93.